The van der Waals surface area contributed by atoms with E-state index in [2.05, 4.69) is 68.6 Å². The molecule has 1 fully saturated rings. The van der Waals surface area contributed by atoms with E-state index in [1.54, 1.807) is 17.7 Å². The van der Waals surface area contributed by atoms with Gasteiger partial charge in [0.1, 0.15) is 17.0 Å². The van der Waals surface area contributed by atoms with Gasteiger partial charge in [-0.05, 0) is 24.1 Å². The van der Waals surface area contributed by atoms with E-state index < -0.39 is 0 Å². The van der Waals surface area contributed by atoms with Crippen LogP contribution < -0.4 is 4.90 Å². The van der Waals surface area contributed by atoms with Crippen LogP contribution in [0.2, 0.25) is 0 Å². The van der Waals surface area contributed by atoms with E-state index in [9.17, 15) is 0 Å². The van der Waals surface area contributed by atoms with Gasteiger partial charge < -0.3 is 9.80 Å². The molecule has 3 aromatic rings. The van der Waals surface area contributed by atoms with Crippen LogP contribution in [-0.2, 0) is 0 Å². The van der Waals surface area contributed by atoms with Crippen molar-refractivity contribution in [2.45, 2.75) is 6.04 Å². The first-order chi connectivity index (χ1) is 10.8. The fourth-order valence-electron chi connectivity index (χ4n) is 3.14. The van der Waals surface area contributed by atoms with Gasteiger partial charge in [0.2, 0.25) is 0 Å². The summed E-state index contributed by atoms with van der Waals surface area (Å²) in [5.41, 5.74) is 1.34. The molecule has 4 rings (SSSR count). The number of benzene rings is 1. The van der Waals surface area contributed by atoms with Gasteiger partial charge in [-0.15, -0.1) is 11.3 Å². The number of piperazine rings is 1. The van der Waals surface area contributed by atoms with Crippen molar-refractivity contribution in [2.24, 2.45) is 0 Å². The van der Waals surface area contributed by atoms with Gasteiger partial charge in [-0.25, -0.2) is 9.97 Å². The van der Waals surface area contributed by atoms with E-state index in [0.717, 1.165) is 35.7 Å². The van der Waals surface area contributed by atoms with Crippen LogP contribution in [0.25, 0.3) is 10.2 Å². The van der Waals surface area contributed by atoms with Crippen molar-refractivity contribution in [2.75, 3.05) is 31.6 Å². The molecular formula is C17H18N4S. The molecule has 2 aromatic heterocycles. The minimum Gasteiger partial charge on any atom is -0.346 e. The van der Waals surface area contributed by atoms with Crippen molar-refractivity contribution in [1.82, 2.24) is 14.9 Å². The Morgan fingerprint density at radius 3 is 2.82 bits per heavy atom. The summed E-state index contributed by atoms with van der Waals surface area (Å²) >= 11 is 1.67. The van der Waals surface area contributed by atoms with Crippen LogP contribution in [0, 0.1) is 0 Å². The predicted molar refractivity (Wildman–Crippen MR) is 91.4 cm³/mol. The lowest BCUT2D eigenvalue weighted by atomic mass is 10.0. The van der Waals surface area contributed by atoms with Crippen molar-refractivity contribution in [3.63, 3.8) is 0 Å². The van der Waals surface area contributed by atoms with Gasteiger partial charge >= 0.3 is 0 Å². The van der Waals surface area contributed by atoms with Crippen molar-refractivity contribution >= 4 is 27.4 Å². The molecule has 22 heavy (non-hydrogen) atoms. The Labute approximate surface area is 134 Å². The number of anilines is 1. The van der Waals surface area contributed by atoms with E-state index >= 15 is 0 Å². The van der Waals surface area contributed by atoms with Crippen LogP contribution in [0.4, 0.5) is 5.82 Å². The first kappa shape index (κ1) is 13.7. The number of hydrogen-bond donors (Lipinski definition) is 0. The van der Waals surface area contributed by atoms with Gasteiger partial charge in [-0.2, -0.15) is 0 Å². The Morgan fingerprint density at radius 2 is 1.95 bits per heavy atom. The molecule has 112 valence electrons. The van der Waals surface area contributed by atoms with Crippen molar-refractivity contribution in [1.29, 1.82) is 0 Å². The summed E-state index contributed by atoms with van der Waals surface area (Å²) in [6.45, 7) is 3.05. The van der Waals surface area contributed by atoms with Crippen molar-refractivity contribution < 1.29 is 0 Å². The van der Waals surface area contributed by atoms with E-state index in [0.29, 0.717) is 6.04 Å². The van der Waals surface area contributed by atoms with Crippen LogP contribution >= 0.6 is 11.3 Å². The molecule has 0 unspecified atom stereocenters. The van der Waals surface area contributed by atoms with Gasteiger partial charge in [0, 0.05) is 19.6 Å². The van der Waals surface area contributed by atoms with Gasteiger partial charge in [0.05, 0.1) is 11.4 Å². The lowest BCUT2D eigenvalue weighted by molar-refractivity contribution is 0.268. The van der Waals surface area contributed by atoms with Gasteiger partial charge in [-0.3, -0.25) is 0 Å². The summed E-state index contributed by atoms with van der Waals surface area (Å²) in [6.07, 6.45) is 1.69. The summed E-state index contributed by atoms with van der Waals surface area (Å²) in [5.74, 6) is 1.06. The van der Waals surface area contributed by atoms with E-state index in [-0.39, 0.29) is 0 Å². The second-order valence-corrected chi connectivity index (χ2v) is 6.61. The Morgan fingerprint density at radius 1 is 1.09 bits per heavy atom. The second kappa shape index (κ2) is 5.66. The third kappa shape index (κ3) is 2.36. The van der Waals surface area contributed by atoms with E-state index in [1.807, 2.05) is 0 Å². The molecule has 4 nitrogen and oxygen atoms in total. The summed E-state index contributed by atoms with van der Waals surface area (Å²) in [4.78, 5) is 14.9. The SMILES string of the molecule is CN1CCN(c2ncnc3sccc23)[C@H](c2ccccc2)C1. The summed E-state index contributed by atoms with van der Waals surface area (Å²) in [6, 6.07) is 13.2. The molecular weight excluding hydrogens is 292 g/mol. The highest BCUT2D eigenvalue weighted by Gasteiger charge is 2.28. The van der Waals surface area contributed by atoms with Gasteiger partial charge in [-0.1, -0.05) is 30.3 Å². The van der Waals surface area contributed by atoms with Crippen LogP contribution in [0.3, 0.4) is 0 Å². The average Bonchev–Trinajstić information content (AvgIpc) is 3.04. The Balaban J connectivity index is 1.79. The number of fused-ring (bicyclic) bond motifs is 1. The van der Waals surface area contributed by atoms with Gasteiger partial charge in [0.15, 0.2) is 0 Å². The van der Waals surface area contributed by atoms with E-state index in [1.165, 1.54) is 5.56 Å². The fraction of sp³-hybridized carbons (Fsp3) is 0.294. The Kier molecular flexibility index (Phi) is 3.52. The van der Waals surface area contributed by atoms with Crippen LogP contribution in [-0.4, -0.2) is 41.5 Å². The summed E-state index contributed by atoms with van der Waals surface area (Å²) < 4.78 is 0. The third-order valence-corrected chi connectivity index (χ3v) is 5.10. The molecule has 0 amide bonds. The molecule has 0 bridgehead atoms. The monoisotopic (exact) mass is 310 g/mol. The lowest BCUT2D eigenvalue weighted by Crippen LogP contribution is -2.47. The highest BCUT2D eigenvalue weighted by Crippen LogP contribution is 2.34. The summed E-state index contributed by atoms with van der Waals surface area (Å²) in [7, 11) is 2.19. The maximum absolute atomic E-state index is 4.61. The normalized spacial score (nSPS) is 19.7. The molecule has 0 radical (unpaired) electrons. The molecule has 5 heteroatoms. The molecule has 1 aliphatic rings. The molecule has 1 atom stereocenters. The average molecular weight is 310 g/mol. The van der Waals surface area contributed by atoms with Crippen LogP contribution in [0.5, 0.6) is 0 Å². The van der Waals surface area contributed by atoms with E-state index in [4.69, 9.17) is 0 Å². The number of thiophene rings is 1. The molecule has 0 aliphatic carbocycles. The number of hydrogen-bond acceptors (Lipinski definition) is 5. The topological polar surface area (TPSA) is 32.3 Å². The maximum Gasteiger partial charge on any atom is 0.141 e. The fourth-order valence-corrected chi connectivity index (χ4v) is 3.87. The molecule has 0 N–H and O–H groups in total. The smallest absolute Gasteiger partial charge is 0.141 e. The zero-order chi connectivity index (χ0) is 14.9. The van der Waals surface area contributed by atoms with Gasteiger partial charge in [0.25, 0.3) is 0 Å². The molecule has 1 aromatic carbocycles. The molecule has 0 saturated carbocycles. The third-order valence-electron chi connectivity index (χ3n) is 4.28. The Hall–Kier alpha value is -1.98. The number of aromatic nitrogens is 2. The maximum atomic E-state index is 4.61. The van der Waals surface area contributed by atoms with Crippen LogP contribution in [0.15, 0.2) is 48.1 Å². The highest BCUT2D eigenvalue weighted by atomic mass is 32.1. The standard InChI is InChI=1S/C17H18N4S/c1-20-8-9-21(15(11-20)13-5-3-2-4-6-13)16-14-7-10-22-17(14)19-12-18-16/h2-7,10,12,15H,8-9,11H2,1H3/t15-/m0/s1. The zero-order valence-electron chi connectivity index (χ0n) is 12.5. The highest BCUT2D eigenvalue weighted by molar-refractivity contribution is 7.16. The minimum absolute atomic E-state index is 0.331. The van der Waals surface area contributed by atoms with Crippen molar-refractivity contribution in [3.05, 3.63) is 53.7 Å². The quantitative estimate of drug-likeness (QED) is 0.728. The first-order valence-corrected chi connectivity index (χ1v) is 8.39. The molecule has 1 aliphatic heterocycles. The van der Waals surface area contributed by atoms with Crippen molar-refractivity contribution in [3.8, 4) is 0 Å². The lowest BCUT2D eigenvalue weighted by Gasteiger charge is -2.41. The number of rotatable bonds is 2. The second-order valence-electron chi connectivity index (χ2n) is 5.72. The summed E-state index contributed by atoms with van der Waals surface area (Å²) in [5, 5.41) is 3.26. The molecule has 0 spiro atoms. The first-order valence-electron chi connectivity index (χ1n) is 7.51. The number of nitrogens with zero attached hydrogens (tertiary/aromatic N) is 4. The molecule has 1 saturated heterocycles. The predicted octanol–water partition coefficient (Wildman–Crippen LogP) is 3.18. The molecule has 3 heterocycles. The number of likely N-dealkylation sites (N-methyl/N-ethyl adjacent to an activating group) is 1. The Bertz CT molecular complexity index is 770. The van der Waals surface area contributed by atoms with Crippen LogP contribution in [0.1, 0.15) is 11.6 Å². The zero-order valence-corrected chi connectivity index (χ0v) is 13.3. The minimum atomic E-state index is 0.331. The largest absolute Gasteiger partial charge is 0.346 e.